The highest BCUT2D eigenvalue weighted by molar-refractivity contribution is 5.95. The first-order chi connectivity index (χ1) is 18.9. The number of hydrogen-bond acceptors (Lipinski definition) is 3. The largest absolute Gasteiger partial charge is 0.416 e. The van der Waals surface area contributed by atoms with Crippen LogP contribution < -0.4 is 0 Å². The Labute approximate surface area is 228 Å². The lowest BCUT2D eigenvalue weighted by molar-refractivity contribution is -0.143. The van der Waals surface area contributed by atoms with Gasteiger partial charge in [0.05, 0.1) is 16.5 Å². The van der Waals surface area contributed by atoms with Gasteiger partial charge in [-0.05, 0) is 62.5 Å². The first-order valence-corrected chi connectivity index (χ1v) is 13.5. The van der Waals surface area contributed by atoms with Gasteiger partial charge in [-0.3, -0.25) is 9.59 Å². The van der Waals surface area contributed by atoms with Gasteiger partial charge < -0.3 is 14.7 Å². The Balaban J connectivity index is 1.37. The van der Waals surface area contributed by atoms with Crippen molar-refractivity contribution in [1.82, 2.24) is 14.7 Å². The Morgan fingerprint density at radius 3 is 1.95 bits per heavy atom. The van der Waals surface area contributed by atoms with E-state index < -0.39 is 40.4 Å². The standard InChI is InChI=1S/C29H31F6N3O2/c30-28(31,32)22-16-21(17-23(18-22)29(33,34)35)25(39)37-12-8-27(9-13-37)24(20-6-2-1-3-7-20)19-38(26(27)40)15-14-36-10-4-5-11-36/h1-3,6-7,16-18,24H,4-5,8-15,19H2. The summed E-state index contributed by atoms with van der Waals surface area (Å²) in [7, 11) is 0. The predicted molar refractivity (Wildman–Crippen MR) is 135 cm³/mol. The molecule has 40 heavy (non-hydrogen) atoms. The van der Waals surface area contributed by atoms with Gasteiger partial charge in [-0.25, -0.2) is 0 Å². The number of piperidine rings is 1. The number of benzene rings is 2. The van der Waals surface area contributed by atoms with Crippen LogP contribution in [-0.2, 0) is 17.1 Å². The summed E-state index contributed by atoms with van der Waals surface area (Å²) in [5.41, 5.74) is -3.49. The molecule has 2 amide bonds. The molecule has 5 rings (SSSR count). The third-order valence-corrected chi connectivity index (χ3v) is 8.65. The molecule has 216 valence electrons. The van der Waals surface area contributed by atoms with Crippen molar-refractivity contribution in [2.24, 2.45) is 5.41 Å². The molecular formula is C29H31F6N3O2. The lowest BCUT2D eigenvalue weighted by Gasteiger charge is -2.41. The van der Waals surface area contributed by atoms with Crippen molar-refractivity contribution in [2.75, 3.05) is 45.8 Å². The van der Waals surface area contributed by atoms with Crippen molar-refractivity contribution < 1.29 is 35.9 Å². The molecule has 3 aliphatic rings. The SMILES string of the molecule is O=C(c1cc(C(F)(F)F)cc(C(F)(F)F)c1)N1CCC2(CC1)C(=O)N(CCN1CCCC1)CC2c1ccccc1. The van der Waals surface area contributed by atoms with E-state index in [0.29, 0.717) is 25.2 Å². The Kier molecular flexibility index (Phi) is 7.62. The fraction of sp³-hybridized carbons (Fsp3) is 0.517. The summed E-state index contributed by atoms with van der Waals surface area (Å²) >= 11 is 0. The molecule has 1 atom stereocenters. The zero-order valence-corrected chi connectivity index (χ0v) is 21.9. The molecule has 1 spiro atoms. The summed E-state index contributed by atoms with van der Waals surface area (Å²) in [6.07, 6.45) is -7.24. The minimum atomic E-state index is -5.04. The number of alkyl halides is 6. The highest BCUT2D eigenvalue weighted by atomic mass is 19.4. The highest BCUT2D eigenvalue weighted by Crippen LogP contribution is 2.51. The highest BCUT2D eigenvalue weighted by Gasteiger charge is 2.55. The Hall–Kier alpha value is -3.08. The summed E-state index contributed by atoms with van der Waals surface area (Å²) in [6.45, 7) is 4.06. The van der Waals surface area contributed by atoms with Crippen molar-refractivity contribution in [3.8, 4) is 0 Å². The van der Waals surface area contributed by atoms with E-state index in [1.807, 2.05) is 35.2 Å². The van der Waals surface area contributed by atoms with Crippen molar-refractivity contribution in [1.29, 1.82) is 0 Å². The number of nitrogens with zero attached hydrogens (tertiary/aromatic N) is 3. The van der Waals surface area contributed by atoms with Crippen molar-refractivity contribution in [2.45, 2.75) is 44.0 Å². The van der Waals surface area contributed by atoms with E-state index in [4.69, 9.17) is 0 Å². The number of hydrogen-bond donors (Lipinski definition) is 0. The van der Waals surface area contributed by atoms with Gasteiger partial charge in [-0.15, -0.1) is 0 Å². The van der Waals surface area contributed by atoms with Crippen LogP contribution in [0.4, 0.5) is 26.3 Å². The molecule has 0 saturated carbocycles. The lowest BCUT2D eigenvalue weighted by atomic mass is 9.68. The predicted octanol–water partition coefficient (Wildman–Crippen LogP) is 5.67. The van der Waals surface area contributed by atoms with Crippen LogP contribution in [0.1, 0.15) is 58.6 Å². The van der Waals surface area contributed by atoms with Gasteiger partial charge in [0.2, 0.25) is 5.91 Å². The molecular weight excluding hydrogens is 536 g/mol. The fourth-order valence-electron chi connectivity index (χ4n) is 6.45. The van der Waals surface area contributed by atoms with Gasteiger partial charge in [0, 0.05) is 44.2 Å². The summed E-state index contributed by atoms with van der Waals surface area (Å²) in [5.74, 6) is -1.02. The molecule has 0 aromatic heterocycles. The topological polar surface area (TPSA) is 43.9 Å². The number of rotatable bonds is 5. The van der Waals surface area contributed by atoms with E-state index >= 15 is 0 Å². The number of carbonyl (C=O) groups excluding carboxylic acids is 2. The zero-order chi connectivity index (χ0) is 28.7. The zero-order valence-electron chi connectivity index (χ0n) is 21.9. The second-order valence-corrected chi connectivity index (χ2v) is 11.0. The van der Waals surface area contributed by atoms with Crippen LogP contribution in [0.15, 0.2) is 48.5 Å². The third kappa shape index (κ3) is 5.57. The van der Waals surface area contributed by atoms with E-state index in [1.54, 1.807) is 0 Å². The minimum Gasteiger partial charge on any atom is -0.340 e. The van der Waals surface area contributed by atoms with Crippen LogP contribution in [0.5, 0.6) is 0 Å². The summed E-state index contributed by atoms with van der Waals surface area (Å²) < 4.78 is 80.1. The van der Waals surface area contributed by atoms with Gasteiger partial charge in [0.1, 0.15) is 0 Å². The maximum Gasteiger partial charge on any atom is 0.416 e. The molecule has 3 saturated heterocycles. The van der Waals surface area contributed by atoms with E-state index in [0.717, 1.165) is 38.0 Å². The second-order valence-electron chi connectivity index (χ2n) is 11.0. The lowest BCUT2D eigenvalue weighted by Crippen LogP contribution is -2.48. The number of likely N-dealkylation sites (tertiary alicyclic amines) is 3. The van der Waals surface area contributed by atoms with Crippen LogP contribution >= 0.6 is 0 Å². The molecule has 0 bridgehead atoms. The molecule has 1 unspecified atom stereocenters. The number of halogens is 6. The summed E-state index contributed by atoms with van der Waals surface area (Å²) in [6, 6.07) is 10.6. The van der Waals surface area contributed by atoms with Gasteiger partial charge in [-0.1, -0.05) is 30.3 Å². The minimum absolute atomic E-state index is 0.00563. The van der Waals surface area contributed by atoms with Gasteiger partial charge in [-0.2, -0.15) is 26.3 Å². The maximum atomic E-state index is 13.9. The van der Waals surface area contributed by atoms with Gasteiger partial charge >= 0.3 is 12.4 Å². The molecule has 3 aliphatic heterocycles. The molecule has 5 nitrogen and oxygen atoms in total. The van der Waals surface area contributed by atoms with Gasteiger partial charge in [0.15, 0.2) is 0 Å². The average molecular weight is 568 g/mol. The second kappa shape index (κ2) is 10.7. The molecule has 0 N–H and O–H groups in total. The Morgan fingerprint density at radius 2 is 1.40 bits per heavy atom. The van der Waals surface area contributed by atoms with Crippen LogP contribution in [0.25, 0.3) is 0 Å². The first kappa shape index (κ1) is 28.4. The van der Waals surface area contributed by atoms with Crippen molar-refractivity contribution in [3.05, 3.63) is 70.8 Å². The molecule has 0 aliphatic carbocycles. The Bertz CT molecular complexity index is 1200. The number of amides is 2. The fourth-order valence-corrected chi connectivity index (χ4v) is 6.45. The van der Waals surface area contributed by atoms with Crippen molar-refractivity contribution >= 4 is 11.8 Å². The quantitative estimate of drug-likeness (QED) is 0.438. The summed E-state index contributed by atoms with van der Waals surface area (Å²) in [5, 5.41) is 0. The van der Waals surface area contributed by atoms with E-state index in [-0.39, 0.29) is 43.8 Å². The van der Waals surface area contributed by atoms with Crippen LogP contribution in [0.2, 0.25) is 0 Å². The van der Waals surface area contributed by atoms with Gasteiger partial charge in [0.25, 0.3) is 5.91 Å². The number of carbonyl (C=O) groups is 2. The average Bonchev–Trinajstić information content (AvgIpc) is 3.54. The normalized spacial score (nSPS) is 21.9. The molecule has 11 heteroatoms. The maximum absolute atomic E-state index is 13.9. The van der Waals surface area contributed by atoms with E-state index in [1.165, 1.54) is 4.90 Å². The van der Waals surface area contributed by atoms with Crippen LogP contribution in [0.3, 0.4) is 0 Å². The third-order valence-electron chi connectivity index (χ3n) is 8.65. The van der Waals surface area contributed by atoms with Crippen LogP contribution in [0, 0.1) is 5.41 Å². The van der Waals surface area contributed by atoms with E-state index in [2.05, 4.69) is 4.90 Å². The molecule has 0 radical (unpaired) electrons. The molecule has 2 aromatic rings. The molecule has 3 heterocycles. The smallest absolute Gasteiger partial charge is 0.340 e. The first-order valence-electron chi connectivity index (χ1n) is 13.5. The molecule has 2 aromatic carbocycles. The molecule has 3 fully saturated rings. The Morgan fingerprint density at radius 1 is 0.825 bits per heavy atom. The summed E-state index contributed by atoms with van der Waals surface area (Å²) in [4.78, 5) is 32.6. The monoisotopic (exact) mass is 567 g/mol. The van der Waals surface area contributed by atoms with Crippen LogP contribution in [-0.4, -0.2) is 72.3 Å². The van der Waals surface area contributed by atoms with Crippen molar-refractivity contribution in [3.63, 3.8) is 0 Å². The van der Waals surface area contributed by atoms with E-state index in [9.17, 15) is 35.9 Å².